The summed E-state index contributed by atoms with van der Waals surface area (Å²) in [6.07, 6.45) is 25.8. The van der Waals surface area contributed by atoms with Gasteiger partial charge in [-0.05, 0) is 19.3 Å². The molecule has 1 atom stereocenters. The van der Waals surface area contributed by atoms with Crippen LogP contribution in [0.1, 0.15) is 110 Å². The molecule has 1 rings (SSSR count). The van der Waals surface area contributed by atoms with Crippen LogP contribution >= 0.6 is 0 Å². The Bertz CT molecular complexity index is 416. The zero-order chi connectivity index (χ0) is 18.9. The second-order valence-electron chi connectivity index (χ2n) is 8.03. The summed E-state index contributed by atoms with van der Waals surface area (Å²) in [7, 11) is 0. The molecule has 3 heteroatoms. The lowest BCUT2D eigenvalue weighted by Crippen LogP contribution is -2.38. The summed E-state index contributed by atoms with van der Waals surface area (Å²) < 4.78 is 4.42. The number of unbranched alkanes of at least 4 members (excludes halogenated alkanes) is 12. The lowest BCUT2D eigenvalue weighted by atomic mass is 10.1. The van der Waals surface area contributed by atoms with Crippen LogP contribution in [0.3, 0.4) is 0 Å². The predicted molar refractivity (Wildman–Crippen MR) is 111 cm³/mol. The molecule has 1 aromatic heterocycles. The molecule has 0 saturated heterocycles. The SMILES string of the molecule is CCCCCCCCCCn1cc[n+](CC(O)CCCCCCCC)c1. The Balaban J connectivity index is 2.03. The van der Waals surface area contributed by atoms with Crippen LogP contribution in [-0.2, 0) is 13.1 Å². The number of hydrogen-bond donors (Lipinski definition) is 1. The first kappa shape index (κ1) is 23.2. The number of nitrogens with zero attached hydrogens (tertiary/aromatic N) is 2. The first-order valence-corrected chi connectivity index (χ1v) is 11.5. The van der Waals surface area contributed by atoms with E-state index in [1.54, 1.807) is 0 Å². The standard InChI is InChI=1S/C23H45N2O/c1-3-5-7-9-11-12-14-16-18-24-19-20-25(22-24)21-23(26)17-15-13-10-8-6-4-2/h19-20,22-23,26H,3-18,21H2,1-2H3/q+1. The summed E-state index contributed by atoms with van der Waals surface area (Å²) >= 11 is 0. The molecule has 1 unspecified atom stereocenters. The molecular formula is C23H45N2O+. The number of aliphatic hydroxyl groups excluding tert-OH is 1. The molecule has 1 N–H and O–H groups in total. The first-order valence-electron chi connectivity index (χ1n) is 11.5. The molecule has 3 nitrogen and oxygen atoms in total. The van der Waals surface area contributed by atoms with E-state index in [4.69, 9.17) is 0 Å². The van der Waals surface area contributed by atoms with E-state index in [1.807, 2.05) is 0 Å². The van der Waals surface area contributed by atoms with Crippen LogP contribution in [0.15, 0.2) is 18.7 Å². The van der Waals surface area contributed by atoms with Crippen molar-refractivity contribution in [3.8, 4) is 0 Å². The molecule has 0 spiro atoms. The third-order valence-corrected chi connectivity index (χ3v) is 5.33. The highest BCUT2D eigenvalue weighted by molar-refractivity contribution is 4.67. The second kappa shape index (κ2) is 16.4. The maximum Gasteiger partial charge on any atom is 0.243 e. The van der Waals surface area contributed by atoms with Crippen molar-refractivity contribution in [3.05, 3.63) is 18.7 Å². The number of aryl methyl sites for hydroxylation is 1. The maximum absolute atomic E-state index is 10.2. The lowest BCUT2D eigenvalue weighted by molar-refractivity contribution is -0.703. The number of imidazole rings is 1. The van der Waals surface area contributed by atoms with Gasteiger partial charge in [0.15, 0.2) is 0 Å². The number of hydrogen-bond acceptors (Lipinski definition) is 1. The van der Waals surface area contributed by atoms with Gasteiger partial charge in [-0.2, -0.15) is 0 Å². The summed E-state index contributed by atoms with van der Waals surface area (Å²) in [5.41, 5.74) is 0. The van der Waals surface area contributed by atoms with Crippen molar-refractivity contribution in [2.45, 2.75) is 129 Å². The van der Waals surface area contributed by atoms with Gasteiger partial charge >= 0.3 is 0 Å². The first-order chi connectivity index (χ1) is 12.8. The molecule has 0 aliphatic rings. The molecule has 152 valence electrons. The van der Waals surface area contributed by atoms with Crippen LogP contribution < -0.4 is 4.57 Å². The fraction of sp³-hybridized carbons (Fsp3) is 0.870. The molecule has 0 aliphatic heterocycles. The zero-order valence-electron chi connectivity index (χ0n) is 17.7. The number of aromatic nitrogens is 2. The van der Waals surface area contributed by atoms with Crippen molar-refractivity contribution in [1.29, 1.82) is 0 Å². The minimum atomic E-state index is -0.204. The topological polar surface area (TPSA) is 29.0 Å². The second-order valence-corrected chi connectivity index (χ2v) is 8.03. The van der Waals surface area contributed by atoms with Crippen LogP contribution in [0, 0.1) is 0 Å². The average molecular weight is 366 g/mol. The van der Waals surface area contributed by atoms with Gasteiger partial charge in [0.25, 0.3) is 0 Å². The van der Waals surface area contributed by atoms with Gasteiger partial charge in [-0.15, -0.1) is 0 Å². The molecule has 0 aromatic carbocycles. The minimum Gasteiger partial charge on any atom is -0.389 e. The van der Waals surface area contributed by atoms with Crippen molar-refractivity contribution >= 4 is 0 Å². The molecule has 0 radical (unpaired) electrons. The molecule has 0 amide bonds. The van der Waals surface area contributed by atoms with Crippen molar-refractivity contribution < 1.29 is 9.67 Å². The van der Waals surface area contributed by atoms with Crippen LogP contribution in [-0.4, -0.2) is 15.8 Å². The van der Waals surface area contributed by atoms with Crippen LogP contribution in [0.2, 0.25) is 0 Å². The van der Waals surface area contributed by atoms with Crippen LogP contribution in [0.25, 0.3) is 0 Å². The van der Waals surface area contributed by atoms with E-state index in [0.717, 1.165) is 25.9 Å². The van der Waals surface area contributed by atoms with Gasteiger partial charge in [0, 0.05) is 0 Å². The maximum atomic E-state index is 10.2. The summed E-state index contributed by atoms with van der Waals surface area (Å²) in [5.74, 6) is 0. The summed E-state index contributed by atoms with van der Waals surface area (Å²) in [5, 5.41) is 10.2. The quantitative estimate of drug-likeness (QED) is 0.250. The van der Waals surface area contributed by atoms with Gasteiger partial charge in [0.2, 0.25) is 6.33 Å². The Labute approximate surface area is 162 Å². The molecule has 0 fully saturated rings. The Morgan fingerprint density at radius 3 is 1.92 bits per heavy atom. The summed E-state index contributed by atoms with van der Waals surface area (Å²) in [6, 6.07) is 0. The Morgan fingerprint density at radius 2 is 1.31 bits per heavy atom. The molecule has 0 saturated carbocycles. The minimum absolute atomic E-state index is 0.204. The van der Waals surface area contributed by atoms with Crippen molar-refractivity contribution in [2.24, 2.45) is 0 Å². The van der Waals surface area contributed by atoms with Gasteiger partial charge in [0.05, 0.1) is 12.6 Å². The molecule has 26 heavy (non-hydrogen) atoms. The normalized spacial score (nSPS) is 12.6. The molecule has 1 aromatic rings. The molecular weight excluding hydrogens is 320 g/mol. The van der Waals surface area contributed by atoms with E-state index in [-0.39, 0.29) is 6.10 Å². The lowest BCUT2D eigenvalue weighted by Gasteiger charge is -2.07. The van der Waals surface area contributed by atoms with E-state index >= 15 is 0 Å². The van der Waals surface area contributed by atoms with E-state index in [1.165, 1.54) is 83.5 Å². The van der Waals surface area contributed by atoms with Gasteiger partial charge in [-0.1, -0.05) is 90.9 Å². The smallest absolute Gasteiger partial charge is 0.243 e. The van der Waals surface area contributed by atoms with E-state index in [0.29, 0.717) is 0 Å². The molecule has 0 aliphatic carbocycles. The summed E-state index contributed by atoms with van der Waals surface area (Å²) in [6.45, 7) is 6.37. The van der Waals surface area contributed by atoms with Gasteiger partial charge in [-0.25, -0.2) is 9.13 Å². The predicted octanol–water partition coefficient (Wildman–Crippen LogP) is 6.03. The van der Waals surface area contributed by atoms with Crippen molar-refractivity contribution in [1.82, 2.24) is 4.57 Å². The third kappa shape index (κ3) is 12.5. The fourth-order valence-electron chi connectivity index (χ4n) is 3.60. The molecule has 0 bridgehead atoms. The Kier molecular flexibility index (Phi) is 14.6. The highest BCUT2D eigenvalue weighted by atomic mass is 16.3. The van der Waals surface area contributed by atoms with Crippen LogP contribution in [0.5, 0.6) is 0 Å². The number of aliphatic hydroxyl groups is 1. The summed E-state index contributed by atoms with van der Waals surface area (Å²) in [4.78, 5) is 0. The third-order valence-electron chi connectivity index (χ3n) is 5.33. The van der Waals surface area contributed by atoms with Crippen LogP contribution in [0.4, 0.5) is 0 Å². The van der Waals surface area contributed by atoms with Gasteiger partial charge < -0.3 is 5.11 Å². The van der Waals surface area contributed by atoms with Gasteiger partial charge in [-0.3, -0.25) is 0 Å². The highest BCUT2D eigenvalue weighted by Gasteiger charge is 2.10. The average Bonchev–Trinajstić information content (AvgIpc) is 3.07. The molecule has 1 heterocycles. The van der Waals surface area contributed by atoms with E-state index in [2.05, 4.69) is 41.7 Å². The Morgan fingerprint density at radius 1 is 0.769 bits per heavy atom. The Hall–Kier alpha value is -0.830. The van der Waals surface area contributed by atoms with Crippen molar-refractivity contribution in [3.63, 3.8) is 0 Å². The van der Waals surface area contributed by atoms with E-state index < -0.39 is 0 Å². The van der Waals surface area contributed by atoms with Crippen molar-refractivity contribution in [2.75, 3.05) is 0 Å². The highest BCUT2D eigenvalue weighted by Crippen LogP contribution is 2.10. The largest absolute Gasteiger partial charge is 0.389 e. The zero-order valence-corrected chi connectivity index (χ0v) is 17.7. The monoisotopic (exact) mass is 365 g/mol. The van der Waals surface area contributed by atoms with E-state index in [9.17, 15) is 5.11 Å². The number of rotatable bonds is 18. The fourth-order valence-corrected chi connectivity index (χ4v) is 3.60. The van der Waals surface area contributed by atoms with Gasteiger partial charge in [0.1, 0.15) is 18.9 Å².